The summed E-state index contributed by atoms with van der Waals surface area (Å²) in [7, 11) is 0. The Bertz CT molecular complexity index is 496. The summed E-state index contributed by atoms with van der Waals surface area (Å²) in [6.07, 6.45) is 1.19. The molecule has 0 aromatic carbocycles. The van der Waals surface area contributed by atoms with E-state index in [0.29, 0.717) is 12.2 Å². The molecule has 2 unspecified atom stereocenters. The number of carbonyl (C=O) groups excluding carboxylic acids is 1. The van der Waals surface area contributed by atoms with Gasteiger partial charge >= 0.3 is 6.03 Å². The summed E-state index contributed by atoms with van der Waals surface area (Å²) < 4.78 is 5.11. The average Bonchev–Trinajstić information content (AvgIpc) is 3.00. The molecule has 0 aliphatic carbocycles. The van der Waals surface area contributed by atoms with Crippen LogP contribution in [0.2, 0.25) is 0 Å². The number of thiophene rings is 1. The van der Waals surface area contributed by atoms with Gasteiger partial charge in [0.2, 0.25) is 0 Å². The Kier molecular flexibility index (Phi) is 4.59. The molecule has 0 aliphatic rings. The highest BCUT2D eigenvalue weighted by atomic mass is 32.1. The molecule has 19 heavy (non-hydrogen) atoms. The molecule has 6 heteroatoms. The van der Waals surface area contributed by atoms with Gasteiger partial charge in [-0.3, -0.25) is 0 Å². The zero-order chi connectivity index (χ0) is 13.7. The second kappa shape index (κ2) is 6.40. The number of aliphatic hydroxyl groups excluding tert-OH is 1. The number of furan rings is 1. The third-order valence-corrected chi connectivity index (χ3v) is 3.29. The number of nitrogens with one attached hydrogen (secondary N) is 2. The second-order valence-corrected chi connectivity index (χ2v) is 5.06. The van der Waals surface area contributed by atoms with E-state index in [2.05, 4.69) is 10.6 Å². The zero-order valence-electron chi connectivity index (χ0n) is 10.5. The monoisotopic (exact) mass is 280 g/mol. The van der Waals surface area contributed by atoms with Crippen LogP contribution in [0.25, 0.3) is 0 Å². The molecule has 2 rings (SSSR count). The van der Waals surface area contributed by atoms with Crippen molar-refractivity contribution in [2.75, 3.05) is 5.32 Å². The van der Waals surface area contributed by atoms with Crippen molar-refractivity contribution >= 4 is 23.1 Å². The molecule has 0 radical (unpaired) electrons. The second-order valence-electron chi connectivity index (χ2n) is 4.28. The van der Waals surface area contributed by atoms with Gasteiger partial charge in [0.1, 0.15) is 11.9 Å². The van der Waals surface area contributed by atoms with Gasteiger partial charge in [0, 0.05) is 17.8 Å². The molecule has 2 heterocycles. The molecule has 2 aromatic rings. The SMILES string of the molecule is CC(CC(O)c1ccco1)NC(=O)Nc1ccsc1. The molecule has 0 saturated heterocycles. The lowest BCUT2D eigenvalue weighted by Crippen LogP contribution is -2.36. The summed E-state index contributed by atoms with van der Waals surface area (Å²) in [6.45, 7) is 1.83. The molecule has 2 atom stereocenters. The quantitative estimate of drug-likeness (QED) is 0.788. The molecule has 2 aromatic heterocycles. The third kappa shape index (κ3) is 4.11. The third-order valence-electron chi connectivity index (χ3n) is 2.60. The van der Waals surface area contributed by atoms with Gasteiger partial charge in [-0.05, 0) is 30.5 Å². The summed E-state index contributed by atoms with van der Waals surface area (Å²) >= 11 is 1.51. The van der Waals surface area contributed by atoms with Crippen LogP contribution >= 0.6 is 11.3 Å². The lowest BCUT2D eigenvalue weighted by atomic mass is 10.1. The largest absolute Gasteiger partial charge is 0.467 e. The van der Waals surface area contributed by atoms with E-state index in [1.807, 2.05) is 23.8 Å². The molecule has 0 aliphatic heterocycles. The molecule has 3 N–H and O–H groups in total. The van der Waals surface area contributed by atoms with Crippen LogP contribution in [0.4, 0.5) is 10.5 Å². The lowest BCUT2D eigenvalue weighted by molar-refractivity contribution is 0.130. The first-order chi connectivity index (χ1) is 9.15. The minimum atomic E-state index is -0.716. The molecule has 0 bridgehead atoms. The number of carbonyl (C=O) groups is 1. The Morgan fingerprint density at radius 3 is 3.00 bits per heavy atom. The summed E-state index contributed by atoms with van der Waals surface area (Å²) in [5.41, 5.74) is 0.765. The van der Waals surface area contributed by atoms with Crippen molar-refractivity contribution in [3.05, 3.63) is 41.0 Å². The molecule has 0 fully saturated rings. The highest BCUT2D eigenvalue weighted by Gasteiger charge is 2.16. The lowest BCUT2D eigenvalue weighted by Gasteiger charge is -2.16. The van der Waals surface area contributed by atoms with Crippen LogP contribution in [0.15, 0.2) is 39.6 Å². The van der Waals surface area contributed by atoms with Crippen molar-refractivity contribution < 1.29 is 14.3 Å². The van der Waals surface area contributed by atoms with E-state index >= 15 is 0 Å². The van der Waals surface area contributed by atoms with Gasteiger partial charge in [0.05, 0.1) is 12.0 Å². The first kappa shape index (κ1) is 13.6. The maximum absolute atomic E-state index is 11.7. The topological polar surface area (TPSA) is 74.5 Å². The van der Waals surface area contributed by atoms with Gasteiger partial charge in [-0.25, -0.2) is 4.79 Å². The highest BCUT2D eigenvalue weighted by Crippen LogP contribution is 2.18. The Hall–Kier alpha value is -1.79. The fourth-order valence-corrected chi connectivity index (χ4v) is 2.31. The van der Waals surface area contributed by atoms with Gasteiger partial charge in [-0.15, -0.1) is 0 Å². The van der Waals surface area contributed by atoms with E-state index in [1.165, 1.54) is 17.6 Å². The number of amides is 2. The van der Waals surface area contributed by atoms with Crippen molar-refractivity contribution in [2.45, 2.75) is 25.5 Å². The molecular formula is C13H16N2O3S. The Balaban J connectivity index is 1.77. The van der Waals surface area contributed by atoms with Crippen molar-refractivity contribution in [1.82, 2.24) is 5.32 Å². The van der Waals surface area contributed by atoms with Gasteiger partial charge in [-0.2, -0.15) is 11.3 Å². The van der Waals surface area contributed by atoms with Crippen LogP contribution in [0.3, 0.4) is 0 Å². The predicted molar refractivity (Wildman–Crippen MR) is 74.2 cm³/mol. The predicted octanol–water partition coefficient (Wildman–Crippen LogP) is 2.97. The van der Waals surface area contributed by atoms with Crippen LogP contribution in [-0.2, 0) is 0 Å². The van der Waals surface area contributed by atoms with Crippen LogP contribution in [0.5, 0.6) is 0 Å². The number of hydrogen-bond donors (Lipinski definition) is 3. The van der Waals surface area contributed by atoms with Gasteiger partial charge in [0.25, 0.3) is 0 Å². The van der Waals surface area contributed by atoms with Crippen LogP contribution in [0, 0.1) is 0 Å². The van der Waals surface area contributed by atoms with E-state index in [-0.39, 0.29) is 12.1 Å². The minimum Gasteiger partial charge on any atom is -0.467 e. The Morgan fingerprint density at radius 2 is 2.37 bits per heavy atom. The first-order valence-electron chi connectivity index (χ1n) is 5.96. The molecule has 2 amide bonds. The summed E-state index contributed by atoms with van der Waals surface area (Å²) in [5.74, 6) is 0.506. The number of rotatable bonds is 5. The average molecular weight is 280 g/mol. The van der Waals surface area contributed by atoms with Crippen LogP contribution < -0.4 is 10.6 Å². The van der Waals surface area contributed by atoms with E-state index in [9.17, 15) is 9.90 Å². The maximum Gasteiger partial charge on any atom is 0.319 e. The van der Waals surface area contributed by atoms with E-state index in [4.69, 9.17) is 4.42 Å². The smallest absolute Gasteiger partial charge is 0.319 e. The molecular weight excluding hydrogens is 264 g/mol. The van der Waals surface area contributed by atoms with Crippen LogP contribution in [0.1, 0.15) is 25.2 Å². The van der Waals surface area contributed by atoms with E-state index in [1.54, 1.807) is 12.1 Å². The van der Waals surface area contributed by atoms with Crippen LogP contribution in [-0.4, -0.2) is 17.2 Å². The molecule has 5 nitrogen and oxygen atoms in total. The van der Waals surface area contributed by atoms with Gasteiger partial charge in [-0.1, -0.05) is 0 Å². The van der Waals surface area contributed by atoms with Crippen molar-refractivity contribution in [2.24, 2.45) is 0 Å². The van der Waals surface area contributed by atoms with Crippen molar-refractivity contribution in [1.29, 1.82) is 0 Å². The fourth-order valence-electron chi connectivity index (χ4n) is 1.72. The zero-order valence-corrected chi connectivity index (χ0v) is 11.3. The number of hydrogen-bond acceptors (Lipinski definition) is 4. The molecule has 0 spiro atoms. The van der Waals surface area contributed by atoms with E-state index < -0.39 is 6.10 Å². The summed E-state index contributed by atoms with van der Waals surface area (Å²) in [5, 5.41) is 19.1. The fraction of sp³-hybridized carbons (Fsp3) is 0.308. The number of urea groups is 1. The van der Waals surface area contributed by atoms with E-state index in [0.717, 1.165) is 5.69 Å². The van der Waals surface area contributed by atoms with Crippen molar-refractivity contribution in [3.8, 4) is 0 Å². The summed E-state index contributed by atoms with van der Waals surface area (Å²) in [6, 6.07) is 4.81. The summed E-state index contributed by atoms with van der Waals surface area (Å²) in [4.78, 5) is 11.7. The minimum absolute atomic E-state index is 0.168. The number of anilines is 1. The molecule has 0 saturated carbocycles. The Labute approximate surface area is 115 Å². The van der Waals surface area contributed by atoms with Gasteiger partial charge < -0.3 is 20.2 Å². The maximum atomic E-state index is 11.7. The highest BCUT2D eigenvalue weighted by molar-refractivity contribution is 7.08. The first-order valence-corrected chi connectivity index (χ1v) is 6.90. The Morgan fingerprint density at radius 1 is 1.53 bits per heavy atom. The van der Waals surface area contributed by atoms with Gasteiger partial charge in [0.15, 0.2) is 0 Å². The standard InChI is InChI=1S/C13H16N2O3S/c1-9(7-11(16)12-3-2-5-18-12)14-13(17)15-10-4-6-19-8-10/h2-6,8-9,11,16H,7H2,1H3,(H2,14,15,17). The normalized spacial score (nSPS) is 13.8. The molecule has 102 valence electrons. The van der Waals surface area contributed by atoms with Crippen molar-refractivity contribution in [3.63, 3.8) is 0 Å². The number of aliphatic hydroxyl groups is 1.